The Labute approximate surface area is 229 Å². The van der Waals surface area contributed by atoms with Gasteiger partial charge < -0.3 is 9.64 Å². The fourth-order valence-electron chi connectivity index (χ4n) is 4.44. The molecule has 1 aliphatic heterocycles. The summed E-state index contributed by atoms with van der Waals surface area (Å²) < 4.78 is 48.3. The van der Waals surface area contributed by atoms with Crippen molar-refractivity contribution in [3.63, 3.8) is 0 Å². The summed E-state index contributed by atoms with van der Waals surface area (Å²) >= 11 is 0. The molecular weight excluding hydrogens is 519 g/mol. The maximum atomic E-state index is 14.5. The lowest BCUT2D eigenvalue weighted by atomic mass is 9.88. The van der Waals surface area contributed by atoms with Gasteiger partial charge in [-0.05, 0) is 67.5 Å². The van der Waals surface area contributed by atoms with Crippen LogP contribution < -0.4 is 14.4 Å². The molecule has 1 saturated heterocycles. The molecule has 4 rings (SSSR count). The van der Waals surface area contributed by atoms with Gasteiger partial charge in [0.25, 0.3) is 15.9 Å². The minimum atomic E-state index is -4.21. The SMILES string of the molecule is Cc1cccc(S(=O)(=O)NC(=O)c2ccc(-c3cc(F)cc(OCC(C)C)c3)nc2N2CCC(C)C(C)C2)n1. The summed E-state index contributed by atoms with van der Waals surface area (Å²) in [4.78, 5) is 24.2. The molecule has 1 aromatic carbocycles. The lowest BCUT2D eigenvalue weighted by molar-refractivity contribution is 0.0981. The van der Waals surface area contributed by atoms with Crippen LogP contribution in [0.25, 0.3) is 11.3 Å². The minimum Gasteiger partial charge on any atom is -0.493 e. The Morgan fingerprint density at radius 1 is 1.13 bits per heavy atom. The van der Waals surface area contributed by atoms with Gasteiger partial charge in [-0.2, -0.15) is 8.42 Å². The molecule has 2 atom stereocenters. The number of hydrogen-bond donors (Lipinski definition) is 1. The molecule has 0 spiro atoms. The van der Waals surface area contributed by atoms with E-state index in [9.17, 15) is 17.6 Å². The number of amides is 1. The maximum absolute atomic E-state index is 14.5. The van der Waals surface area contributed by atoms with Crippen LogP contribution in [0, 0.1) is 30.5 Å². The maximum Gasteiger partial charge on any atom is 0.281 e. The van der Waals surface area contributed by atoms with Gasteiger partial charge in [0.1, 0.15) is 17.4 Å². The third-order valence-electron chi connectivity index (χ3n) is 6.87. The fourth-order valence-corrected chi connectivity index (χ4v) is 5.42. The normalized spacial score (nSPS) is 17.8. The van der Waals surface area contributed by atoms with Crippen LogP contribution in [-0.4, -0.2) is 44.0 Å². The summed E-state index contributed by atoms with van der Waals surface area (Å²) in [5.74, 6) is 0.580. The highest BCUT2D eigenvalue weighted by Crippen LogP contribution is 2.32. The number of carbonyl (C=O) groups excluding carboxylic acids is 1. The van der Waals surface area contributed by atoms with Crippen molar-refractivity contribution in [2.45, 2.75) is 46.1 Å². The number of carbonyl (C=O) groups is 1. The summed E-state index contributed by atoms with van der Waals surface area (Å²) in [6, 6.07) is 12.1. The fraction of sp³-hybridized carbons (Fsp3) is 0.414. The molecular formula is C29H35FN4O4S. The van der Waals surface area contributed by atoms with Gasteiger partial charge in [0.2, 0.25) is 0 Å². The molecule has 0 radical (unpaired) electrons. The molecule has 3 aromatic rings. The quantitative estimate of drug-likeness (QED) is 0.407. The first-order chi connectivity index (χ1) is 18.4. The highest BCUT2D eigenvalue weighted by molar-refractivity contribution is 7.90. The standard InChI is InChI=1S/C29H35FN4O4S/c1-18(2)17-38-24-14-22(13-23(30)15-24)26-10-9-25(28(32-26)34-12-11-19(3)20(4)16-34)29(35)33-39(36,37)27-8-6-7-21(5)31-27/h6-10,13-15,18-20H,11-12,16-17H2,1-5H3,(H,33,35). The van der Waals surface area contributed by atoms with E-state index < -0.39 is 21.7 Å². The summed E-state index contributed by atoms with van der Waals surface area (Å²) in [7, 11) is -4.21. The number of halogens is 1. The van der Waals surface area contributed by atoms with E-state index in [1.165, 1.54) is 24.3 Å². The molecule has 8 nitrogen and oxygen atoms in total. The molecule has 1 amide bonds. The zero-order valence-corrected chi connectivity index (χ0v) is 23.8. The van der Waals surface area contributed by atoms with Crippen molar-refractivity contribution < 1.29 is 22.3 Å². The number of anilines is 1. The monoisotopic (exact) mass is 554 g/mol. The molecule has 3 heterocycles. The number of piperidine rings is 1. The van der Waals surface area contributed by atoms with Crippen LogP contribution in [0.2, 0.25) is 0 Å². The summed E-state index contributed by atoms with van der Waals surface area (Å²) in [5.41, 5.74) is 1.58. The summed E-state index contributed by atoms with van der Waals surface area (Å²) in [6.07, 6.45) is 0.896. The van der Waals surface area contributed by atoms with Gasteiger partial charge in [-0.3, -0.25) is 4.79 Å². The molecule has 2 aromatic heterocycles. The number of aryl methyl sites for hydroxylation is 1. The van der Waals surface area contributed by atoms with Gasteiger partial charge in [-0.1, -0.05) is 33.8 Å². The molecule has 10 heteroatoms. The van der Waals surface area contributed by atoms with Crippen LogP contribution in [0.3, 0.4) is 0 Å². The third kappa shape index (κ3) is 6.92. The van der Waals surface area contributed by atoms with E-state index in [-0.39, 0.29) is 16.5 Å². The topological polar surface area (TPSA) is 101 Å². The number of rotatable bonds is 8. The molecule has 1 N–H and O–H groups in total. The second kappa shape index (κ2) is 11.7. The largest absolute Gasteiger partial charge is 0.493 e. The van der Waals surface area contributed by atoms with Crippen molar-refractivity contribution in [3.05, 3.63) is 65.6 Å². The average Bonchev–Trinajstić information content (AvgIpc) is 2.88. The predicted molar refractivity (Wildman–Crippen MR) is 149 cm³/mol. The van der Waals surface area contributed by atoms with Crippen LogP contribution >= 0.6 is 0 Å². The first kappa shape index (κ1) is 28.5. The molecule has 0 saturated carbocycles. The Balaban J connectivity index is 1.72. The number of aromatic nitrogens is 2. The van der Waals surface area contributed by atoms with E-state index in [1.54, 1.807) is 31.2 Å². The van der Waals surface area contributed by atoms with Crippen molar-refractivity contribution in [2.24, 2.45) is 17.8 Å². The minimum absolute atomic E-state index is 0.115. The van der Waals surface area contributed by atoms with Crippen molar-refractivity contribution >= 4 is 21.7 Å². The molecule has 0 aliphatic carbocycles. The van der Waals surface area contributed by atoms with E-state index in [0.717, 1.165) is 6.42 Å². The van der Waals surface area contributed by atoms with E-state index in [4.69, 9.17) is 9.72 Å². The number of benzene rings is 1. The zero-order valence-electron chi connectivity index (χ0n) is 22.9. The van der Waals surface area contributed by atoms with Crippen molar-refractivity contribution in [2.75, 3.05) is 24.6 Å². The van der Waals surface area contributed by atoms with Gasteiger partial charge in [0.05, 0.1) is 17.9 Å². The lowest BCUT2D eigenvalue weighted by Gasteiger charge is -2.37. The van der Waals surface area contributed by atoms with E-state index in [0.29, 0.717) is 60.1 Å². The second-order valence-electron chi connectivity index (χ2n) is 10.7. The number of sulfonamides is 1. The lowest BCUT2D eigenvalue weighted by Crippen LogP contribution is -2.40. The van der Waals surface area contributed by atoms with Gasteiger partial charge in [0, 0.05) is 30.4 Å². The van der Waals surface area contributed by atoms with E-state index in [1.807, 2.05) is 18.7 Å². The van der Waals surface area contributed by atoms with Crippen molar-refractivity contribution in [1.29, 1.82) is 0 Å². The Morgan fingerprint density at radius 2 is 1.90 bits per heavy atom. The molecule has 2 unspecified atom stereocenters. The van der Waals surface area contributed by atoms with Crippen molar-refractivity contribution in [1.82, 2.24) is 14.7 Å². The molecule has 39 heavy (non-hydrogen) atoms. The van der Waals surface area contributed by atoms with Gasteiger partial charge in [0.15, 0.2) is 5.03 Å². The summed E-state index contributed by atoms with van der Waals surface area (Å²) in [6.45, 7) is 11.8. The molecule has 1 fully saturated rings. The van der Waals surface area contributed by atoms with Gasteiger partial charge >= 0.3 is 0 Å². The highest BCUT2D eigenvalue weighted by atomic mass is 32.2. The molecule has 208 valence electrons. The number of nitrogens with one attached hydrogen (secondary N) is 1. The number of ether oxygens (including phenoxy) is 1. The third-order valence-corrected chi connectivity index (χ3v) is 8.10. The predicted octanol–water partition coefficient (Wildman–Crippen LogP) is 5.23. The zero-order chi connectivity index (χ0) is 28.3. The Hall–Kier alpha value is -3.53. The van der Waals surface area contributed by atoms with E-state index >= 15 is 0 Å². The first-order valence-corrected chi connectivity index (χ1v) is 14.6. The van der Waals surface area contributed by atoms with Gasteiger partial charge in [-0.25, -0.2) is 19.1 Å². The Kier molecular flexibility index (Phi) is 8.54. The molecule has 0 bridgehead atoms. The second-order valence-corrected chi connectivity index (χ2v) is 12.3. The summed E-state index contributed by atoms with van der Waals surface area (Å²) in [5, 5.41) is -0.240. The van der Waals surface area contributed by atoms with Crippen LogP contribution in [0.4, 0.5) is 10.2 Å². The smallest absolute Gasteiger partial charge is 0.281 e. The molecule has 1 aliphatic rings. The number of hydrogen-bond acceptors (Lipinski definition) is 7. The van der Waals surface area contributed by atoms with E-state index in [2.05, 4.69) is 23.6 Å². The number of pyridine rings is 2. The van der Waals surface area contributed by atoms with Gasteiger partial charge in [-0.15, -0.1) is 0 Å². The number of nitrogens with zero attached hydrogens (tertiary/aromatic N) is 3. The average molecular weight is 555 g/mol. The van der Waals surface area contributed by atoms with Crippen LogP contribution in [0.1, 0.15) is 50.2 Å². The highest BCUT2D eigenvalue weighted by Gasteiger charge is 2.29. The Bertz CT molecular complexity index is 1460. The van der Waals surface area contributed by atoms with Crippen LogP contribution in [0.5, 0.6) is 5.75 Å². The Morgan fingerprint density at radius 3 is 2.59 bits per heavy atom. The first-order valence-electron chi connectivity index (χ1n) is 13.1. The van der Waals surface area contributed by atoms with Crippen LogP contribution in [-0.2, 0) is 10.0 Å². The van der Waals surface area contributed by atoms with Crippen molar-refractivity contribution in [3.8, 4) is 17.0 Å². The van der Waals surface area contributed by atoms with Crippen LogP contribution in [0.15, 0.2) is 53.6 Å².